The van der Waals surface area contributed by atoms with Gasteiger partial charge < -0.3 is 5.32 Å². The molecule has 0 aliphatic heterocycles. The van der Waals surface area contributed by atoms with Gasteiger partial charge in [-0.25, -0.2) is 4.39 Å². The van der Waals surface area contributed by atoms with Crippen LogP contribution in [0.25, 0.3) is 0 Å². The van der Waals surface area contributed by atoms with Gasteiger partial charge >= 0.3 is 0 Å². The highest BCUT2D eigenvalue weighted by atomic mass is 79.9. The first kappa shape index (κ1) is 16.5. The SMILES string of the molecule is CCNC(Cc1ccccc1Br)Cc1cccc(Cl)c1F. The molecule has 0 heterocycles. The maximum atomic E-state index is 14.1. The van der Waals surface area contributed by atoms with Crippen molar-refractivity contribution >= 4 is 27.5 Å². The Morgan fingerprint density at radius 1 is 1.10 bits per heavy atom. The molecule has 0 aromatic heterocycles. The maximum absolute atomic E-state index is 14.1. The van der Waals surface area contributed by atoms with Gasteiger partial charge in [0.15, 0.2) is 0 Å². The van der Waals surface area contributed by atoms with E-state index >= 15 is 0 Å². The molecule has 0 aliphatic rings. The Morgan fingerprint density at radius 2 is 1.76 bits per heavy atom. The monoisotopic (exact) mass is 369 g/mol. The summed E-state index contributed by atoms with van der Waals surface area (Å²) in [6, 6.07) is 13.5. The summed E-state index contributed by atoms with van der Waals surface area (Å²) in [4.78, 5) is 0. The van der Waals surface area contributed by atoms with E-state index in [9.17, 15) is 4.39 Å². The van der Waals surface area contributed by atoms with E-state index < -0.39 is 0 Å². The molecule has 2 rings (SSSR count). The fraction of sp³-hybridized carbons (Fsp3) is 0.294. The first-order valence-electron chi connectivity index (χ1n) is 7.01. The van der Waals surface area contributed by atoms with Crippen molar-refractivity contribution < 1.29 is 4.39 Å². The molecule has 0 radical (unpaired) electrons. The summed E-state index contributed by atoms with van der Waals surface area (Å²) in [5.74, 6) is -0.311. The van der Waals surface area contributed by atoms with Crippen molar-refractivity contribution in [3.05, 3.63) is 68.9 Å². The van der Waals surface area contributed by atoms with Gasteiger partial charge in [-0.1, -0.05) is 64.8 Å². The number of hydrogen-bond donors (Lipinski definition) is 1. The van der Waals surface area contributed by atoms with Gasteiger partial charge in [-0.15, -0.1) is 0 Å². The van der Waals surface area contributed by atoms with Gasteiger partial charge in [-0.2, -0.15) is 0 Å². The Kier molecular flexibility index (Phi) is 6.22. The molecule has 0 spiro atoms. The van der Waals surface area contributed by atoms with Crippen LogP contribution in [0.3, 0.4) is 0 Å². The minimum absolute atomic E-state index is 0.168. The van der Waals surface area contributed by atoms with E-state index in [1.807, 2.05) is 18.2 Å². The predicted octanol–water partition coefficient (Wildman–Crippen LogP) is 5.00. The van der Waals surface area contributed by atoms with Crippen molar-refractivity contribution in [2.45, 2.75) is 25.8 Å². The summed E-state index contributed by atoms with van der Waals surface area (Å²) < 4.78 is 15.1. The highest BCUT2D eigenvalue weighted by Crippen LogP contribution is 2.22. The van der Waals surface area contributed by atoms with Crippen LogP contribution in [-0.4, -0.2) is 12.6 Å². The molecule has 1 unspecified atom stereocenters. The fourth-order valence-corrected chi connectivity index (χ4v) is 3.05. The molecule has 2 aromatic rings. The van der Waals surface area contributed by atoms with Crippen LogP contribution in [0.15, 0.2) is 46.9 Å². The molecule has 0 amide bonds. The Balaban J connectivity index is 2.16. The van der Waals surface area contributed by atoms with Crippen LogP contribution in [0.2, 0.25) is 5.02 Å². The summed E-state index contributed by atoms with van der Waals surface area (Å²) in [5.41, 5.74) is 1.87. The number of halogens is 3. The molecule has 4 heteroatoms. The lowest BCUT2D eigenvalue weighted by Crippen LogP contribution is -2.33. The second kappa shape index (κ2) is 7.92. The minimum Gasteiger partial charge on any atom is -0.314 e. The van der Waals surface area contributed by atoms with Crippen molar-refractivity contribution in [2.75, 3.05) is 6.54 Å². The Hall–Kier alpha value is -0.900. The lowest BCUT2D eigenvalue weighted by Gasteiger charge is -2.19. The molecule has 112 valence electrons. The van der Waals surface area contributed by atoms with E-state index in [4.69, 9.17) is 11.6 Å². The van der Waals surface area contributed by atoms with E-state index in [-0.39, 0.29) is 16.9 Å². The van der Waals surface area contributed by atoms with Crippen molar-refractivity contribution in [3.63, 3.8) is 0 Å². The van der Waals surface area contributed by atoms with Crippen LogP contribution in [-0.2, 0) is 12.8 Å². The first-order valence-corrected chi connectivity index (χ1v) is 8.18. The average Bonchev–Trinajstić information content (AvgIpc) is 2.46. The van der Waals surface area contributed by atoms with E-state index in [1.54, 1.807) is 18.2 Å². The molecule has 0 fully saturated rings. The second-order valence-electron chi connectivity index (χ2n) is 4.97. The molecule has 2 aromatic carbocycles. The highest BCUT2D eigenvalue weighted by Gasteiger charge is 2.15. The van der Waals surface area contributed by atoms with E-state index in [0.29, 0.717) is 12.0 Å². The van der Waals surface area contributed by atoms with Crippen molar-refractivity contribution in [2.24, 2.45) is 0 Å². The third-order valence-electron chi connectivity index (χ3n) is 3.41. The Bertz CT molecular complexity index is 603. The summed E-state index contributed by atoms with van der Waals surface area (Å²) in [5, 5.41) is 3.61. The van der Waals surface area contributed by atoms with Crippen LogP contribution in [0.4, 0.5) is 4.39 Å². The first-order chi connectivity index (χ1) is 10.1. The smallest absolute Gasteiger partial charge is 0.145 e. The lowest BCUT2D eigenvalue weighted by molar-refractivity contribution is 0.505. The van der Waals surface area contributed by atoms with Crippen LogP contribution < -0.4 is 5.32 Å². The molecule has 1 atom stereocenters. The van der Waals surface area contributed by atoms with Gasteiger partial charge in [0, 0.05) is 10.5 Å². The van der Waals surface area contributed by atoms with E-state index in [0.717, 1.165) is 17.4 Å². The summed E-state index contributed by atoms with van der Waals surface area (Å²) >= 11 is 9.42. The average molecular weight is 371 g/mol. The number of likely N-dealkylation sites (N-methyl/N-ethyl adjacent to an activating group) is 1. The Morgan fingerprint density at radius 3 is 2.48 bits per heavy atom. The molecule has 1 nitrogen and oxygen atoms in total. The minimum atomic E-state index is -0.311. The normalized spacial score (nSPS) is 12.4. The van der Waals surface area contributed by atoms with Gasteiger partial charge in [0.1, 0.15) is 5.82 Å². The number of rotatable bonds is 6. The molecule has 0 aliphatic carbocycles. The van der Waals surface area contributed by atoms with Gasteiger partial charge in [0.25, 0.3) is 0 Å². The lowest BCUT2D eigenvalue weighted by atomic mass is 9.98. The molecule has 0 saturated carbocycles. The number of hydrogen-bond acceptors (Lipinski definition) is 1. The molecule has 21 heavy (non-hydrogen) atoms. The topological polar surface area (TPSA) is 12.0 Å². The summed E-state index contributed by atoms with van der Waals surface area (Å²) in [6.07, 6.45) is 1.45. The van der Waals surface area contributed by atoms with Crippen LogP contribution >= 0.6 is 27.5 Å². The van der Waals surface area contributed by atoms with Crippen molar-refractivity contribution in [3.8, 4) is 0 Å². The molecular formula is C17H18BrClFN. The quantitative estimate of drug-likeness (QED) is 0.754. The molecular weight excluding hydrogens is 353 g/mol. The highest BCUT2D eigenvalue weighted by molar-refractivity contribution is 9.10. The van der Waals surface area contributed by atoms with Gasteiger partial charge in [0.2, 0.25) is 0 Å². The molecule has 0 saturated heterocycles. The Labute approximate surface area is 138 Å². The largest absolute Gasteiger partial charge is 0.314 e. The third kappa shape index (κ3) is 4.53. The number of nitrogens with one attached hydrogen (secondary N) is 1. The van der Waals surface area contributed by atoms with Crippen LogP contribution in [0.5, 0.6) is 0 Å². The van der Waals surface area contributed by atoms with E-state index in [2.05, 4.69) is 34.2 Å². The van der Waals surface area contributed by atoms with Crippen LogP contribution in [0.1, 0.15) is 18.1 Å². The van der Waals surface area contributed by atoms with Crippen LogP contribution in [0, 0.1) is 5.82 Å². The zero-order valence-electron chi connectivity index (χ0n) is 11.9. The van der Waals surface area contributed by atoms with Gasteiger partial charge in [-0.3, -0.25) is 0 Å². The van der Waals surface area contributed by atoms with Gasteiger partial charge in [-0.05, 0) is 42.6 Å². The maximum Gasteiger partial charge on any atom is 0.145 e. The standard InChI is InChI=1S/C17H18BrClFN/c1-2-21-14(10-12-6-3-4-8-15(12)18)11-13-7-5-9-16(19)17(13)20/h3-9,14,21H,2,10-11H2,1H3. The second-order valence-corrected chi connectivity index (χ2v) is 6.23. The van der Waals surface area contributed by atoms with E-state index in [1.165, 1.54) is 5.56 Å². The number of benzene rings is 2. The zero-order chi connectivity index (χ0) is 15.2. The fourth-order valence-electron chi connectivity index (χ4n) is 2.41. The zero-order valence-corrected chi connectivity index (χ0v) is 14.2. The summed E-state index contributed by atoms with van der Waals surface area (Å²) in [6.45, 7) is 2.90. The van der Waals surface area contributed by atoms with Gasteiger partial charge in [0.05, 0.1) is 5.02 Å². The van der Waals surface area contributed by atoms with Crippen molar-refractivity contribution in [1.29, 1.82) is 0 Å². The van der Waals surface area contributed by atoms with Crippen molar-refractivity contribution in [1.82, 2.24) is 5.32 Å². The molecule has 1 N–H and O–H groups in total. The third-order valence-corrected chi connectivity index (χ3v) is 4.48. The predicted molar refractivity (Wildman–Crippen MR) is 90.4 cm³/mol. The molecule has 0 bridgehead atoms. The summed E-state index contributed by atoms with van der Waals surface area (Å²) in [7, 11) is 0.